The van der Waals surface area contributed by atoms with Crippen LogP contribution in [0.15, 0.2) is 16.3 Å². The minimum Gasteiger partial charge on any atom is -0.375 e. The van der Waals surface area contributed by atoms with Crippen LogP contribution >= 0.6 is 34.8 Å². The largest absolute Gasteiger partial charge is 0.375 e. The van der Waals surface area contributed by atoms with Gasteiger partial charge in [-0.1, -0.05) is 11.6 Å². The fourth-order valence-electron chi connectivity index (χ4n) is 0.257. The van der Waals surface area contributed by atoms with E-state index < -0.39 is 0 Å². The molecule has 0 aliphatic heterocycles. The number of nitrogens with one attached hydrogen (secondary N) is 1. The van der Waals surface area contributed by atoms with E-state index in [0.29, 0.717) is 0 Å². The second-order valence-corrected chi connectivity index (χ2v) is 2.28. The molecule has 0 aromatic carbocycles. The Morgan fingerprint density at radius 1 is 1.60 bits per heavy atom. The van der Waals surface area contributed by atoms with Gasteiger partial charge in [0.25, 0.3) is 0 Å². The molecule has 0 atom stereocenters. The average molecular weight is 202 g/mol. The molecule has 0 aromatic rings. The minimum absolute atomic E-state index is 0.113. The van der Waals surface area contributed by atoms with Crippen molar-refractivity contribution in [3.8, 4) is 0 Å². The summed E-state index contributed by atoms with van der Waals surface area (Å²) >= 11 is 15.9. The van der Waals surface area contributed by atoms with Crippen LogP contribution in [0.5, 0.6) is 0 Å². The van der Waals surface area contributed by atoms with E-state index in [4.69, 9.17) is 40.5 Å². The number of amidine groups is 1. The Hall–Kier alpha value is -0.120. The molecule has 0 unspecified atom stereocenters. The molecule has 3 nitrogen and oxygen atoms in total. The molecule has 0 heterocycles. The van der Waals surface area contributed by atoms with Crippen molar-refractivity contribution in [3.05, 3.63) is 11.4 Å². The number of hydrogen-bond donors (Lipinski definition) is 2. The first kappa shape index (κ1) is 9.88. The van der Waals surface area contributed by atoms with Crippen LogP contribution in [0.2, 0.25) is 0 Å². The monoisotopic (exact) mass is 201 g/mol. The minimum atomic E-state index is -0.113. The molecule has 0 fully saturated rings. The highest BCUT2D eigenvalue weighted by Crippen LogP contribution is 2.01. The van der Waals surface area contributed by atoms with E-state index >= 15 is 0 Å². The number of aliphatic imine (C=N–C) groups is 1. The van der Waals surface area contributed by atoms with Crippen molar-refractivity contribution in [2.24, 2.45) is 10.7 Å². The molecule has 10 heavy (non-hydrogen) atoms. The lowest BCUT2D eigenvalue weighted by Gasteiger charge is -1.91. The van der Waals surface area contributed by atoms with Crippen molar-refractivity contribution in [3.63, 3.8) is 0 Å². The molecule has 0 aliphatic carbocycles. The molecule has 0 saturated carbocycles. The number of halogens is 3. The predicted molar refractivity (Wildman–Crippen MR) is 45.3 cm³/mol. The molecule has 0 saturated heterocycles. The molecule has 0 spiro atoms. The summed E-state index contributed by atoms with van der Waals surface area (Å²) in [6.07, 6.45) is 1.39. The zero-order chi connectivity index (χ0) is 7.98. The summed E-state index contributed by atoms with van der Waals surface area (Å²) in [5.41, 5.74) is 4.99. The molecule has 0 amide bonds. The van der Waals surface area contributed by atoms with Gasteiger partial charge >= 0.3 is 0 Å². The van der Waals surface area contributed by atoms with Crippen LogP contribution in [0.3, 0.4) is 0 Å². The van der Waals surface area contributed by atoms with Crippen LogP contribution in [-0.4, -0.2) is 11.3 Å². The van der Waals surface area contributed by atoms with E-state index in [1.54, 1.807) is 0 Å². The van der Waals surface area contributed by atoms with Gasteiger partial charge in [-0.2, -0.15) is 0 Å². The first-order valence-electron chi connectivity index (χ1n) is 2.31. The summed E-state index contributed by atoms with van der Waals surface area (Å²) in [7, 11) is 0. The smallest absolute Gasteiger partial charge is 0.194 e. The molecular formula is C4H6Cl3N3. The van der Waals surface area contributed by atoms with Gasteiger partial charge in [-0.3, -0.25) is 0 Å². The van der Waals surface area contributed by atoms with Gasteiger partial charge in [-0.25, -0.2) is 4.99 Å². The highest BCUT2D eigenvalue weighted by Gasteiger charge is 1.86. The van der Waals surface area contributed by atoms with Crippen LogP contribution in [0, 0.1) is 0 Å². The SMILES string of the molecule is NC(Cl)=N/C(Cl)=C\NCCl. The maximum absolute atomic E-state index is 5.44. The quantitative estimate of drug-likeness (QED) is 0.314. The Kier molecular flexibility index (Phi) is 5.58. The van der Waals surface area contributed by atoms with Gasteiger partial charge in [0.15, 0.2) is 5.29 Å². The van der Waals surface area contributed by atoms with E-state index in [-0.39, 0.29) is 16.5 Å². The van der Waals surface area contributed by atoms with Gasteiger partial charge in [0.2, 0.25) is 0 Å². The van der Waals surface area contributed by atoms with E-state index in [1.165, 1.54) is 6.20 Å². The van der Waals surface area contributed by atoms with Crippen LogP contribution in [0.4, 0.5) is 0 Å². The molecule has 0 aliphatic rings. The Morgan fingerprint density at radius 3 is 2.60 bits per heavy atom. The summed E-state index contributed by atoms with van der Waals surface area (Å²) in [5, 5.41) is 2.65. The van der Waals surface area contributed by atoms with Crippen molar-refractivity contribution in [2.75, 3.05) is 6.00 Å². The number of nitrogens with zero attached hydrogens (tertiary/aromatic N) is 1. The first-order chi connectivity index (χ1) is 4.66. The van der Waals surface area contributed by atoms with Crippen molar-refractivity contribution < 1.29 is 0 Å². The van der Waals surface area contributed by atoms with Crippen molar-refractivity contribution in [1.82, 2.24) is 5.32 Å². The molecule has 0 aromatic heterocycles. The van der Waals surface area contributed by atoms with Gasteiger partial charge in [0.05, 0.1) is 6.00 Å². The fraction of sp³-hybridized carbons (Fsp3) is 0.250. The Bertz CT molecular complexity index is 150. The van der Waals surface area contributed by atoms with Crippen LogP contribution < -0.4 is 11.1 Å². The third kappa shape index (κ3) is 6.01. The van der Waals surface area contributed by atoms with Crippen LogP contribution in [0.1, 0.15) is 0 Å². The maximum Gasteiger partial charge on any atom is 0.194 e. The van der Waals surface area contributed by atoms with Gasteiger partial charge in [-0.05, 0) is 11.6 Å². The fourth-order valence-corrected chi connectivity index (χ4v) is 0.637. The van der Waals surface area contributed by atoms with Gasteiger partial charge < -0.3 is 11.1 Å². The average Bonchev–Trinajstić information content (AvgIpc) is 1.82. The zero-order valence-corrected chi connectivity index (χ0v) is 7.21. The molecule has 0 radical (unpaired) electrons. The third-order valence-corrected chi connectivity index (χ3v) is 0.944. The lowest BCUT2D eigenvalue weighted by atomic mass is 10.9. The summed E-state index contributed by atoms with van der Waals surface area (Å²) in [6, 6.07) is 0.258. The first-order valence-corrected chi connectivity index (χ1v) is 3.60. The normalized spacial score (nSPS) is 13.5. The molecular weight excluding hydrogens is 196 g/mol. The molecule has 58 valence electrons. The lowest BCUT2D eigenvalue weighted by Crippen LogP contribution is -2.03. The Morgan fingerprint density at radius 2 is 2.20 bits per heavy atom. The predicted octanol–water partition coefficient (Wildman–Crippen LogP) is 1.36. The van der Waals surface area contributed by atoms with Crippen molar-refractivity contribution in [1.29, 1.82) is 0 Å². The highest BCUT2D eigenvalue weighted by molar-refractivity contribution is 6.64. The zero-order valence-electron chi connectivity index (χ0n) is 4.94. The van der Waals surface area contributed by atoms with Crippen LogP contribution in [-0.2, 0) is 0 Å². The second kappa shape index (κ2) is 5.65. The van der Waals surface area contributed by atoms with Gasteiger partial charge in [0.1, 0.15) is 5.16 Å². The van der Waals surface area contributed by atoms with Crippen molar-refractivity contribution >= 4 is 40.1 Å². The third-order valence-electron chi connectivity index (χ3n) is 0.512. The summed E-state index contributed by atoms with van der Waals surface area (Å²) in [6.45, 7) is 0. The number of rotatable bonds is 3. The van der Waals surface area contributed by atoms with Crippen molar-refractivity contribution in [2.45, 2.75) is 0 Å². The molecule has 0 bridgehead atoms. The van der Waals surface area contributed by atoms with E-state index in [9.17, 15) is 0 Å². The maximum atomic E-state index is 5.44. The van der Waals surface area contributed by atoms with Crippen LogP contribution in [0.25, 0.3) is 0 Å². The second-order valence-electron chi connectivity index (χ2n) is 1.24. The Labute approximate surface area is 73.8 Å². The molecule has 6 heteroatoms. The highest BCUT2D eigenvalue weighted by atomic mass is 35.5. The number of nitrogens with two attached hydrogens (primary N) is 1. The summed E-state index contributed by atoms with van der Waals surface area (Å²) in [4.78, 5) is 3.48. The van der Waals surface area contributed by atoms with E-state index in [0.717, 1.165) is 0 Å². The van der Waals surface area contributed by atoms with Gasteiger partial charge in [-0.15, -0.1) is 11.6 Å². The molecule has 3 N–H and O–H groups in total. The topological polar surface area (TPSA) is 50.4 Å². The standard InChI is InChI=1S/C4H6Cl3N3/c5-2-9-1-3(6)10-4(7)8/h1,9H,2H2,(H2,8,10)/b3-1-. The summed E-state index contributed by atoms with van der Waals surface area (Å²) < 4.78 is 0. The Balaban J connectivity index is 3.82. The van der Waals surface area contributed by atoms with Gasteiger partial charge in [0, 0.05) is 6.20 Å². The van der Waals surface area contributed by atoms with E-state index in [2.05, 4.69) is 10.3 Å². The molecule has 0 rings (SSSR count). The lowest BCUT2D eigenvalue weighted by molar-refractivity contribution is 1.04. The number of alkyl halides is 1. The van der Waals surface area contributed by atoms with E-state index in [1.807, 2.05) is 0 Å². The summed E-state index contributed by atoms with van der Waals surface area (Å²) in [5.74, 6) is 0. The number of hydrogen-bond acceptors (Lipinski definition) is 2.